The number of rotatable bonds is 7. The Morgan fingerprint density at radius 2 is 2.05 bits per heavy atom. The standard InChI is InChI=1S/C15H18BrN3O3/c1-3-5-13-17-18-14(9-22-4-2)19(13)12-7-6-10(16)8-11(12)15(20)21/h6-8H,3-5,9H2,1-2H3,(H,20,21). The van der Waals surface area contributed by atoms with Crippen LogP contribution in [-0.4, -0.2) is 32.4 Å². The predicted octanol–water partition coefficient (Wildman–Crippen LogP) is 3.22. The average Bonchev–Trinajstić information content (AvgIpc) is 2.88. The van der Waals surface area contributed by atoms with Crippen LogP contribution in [0.4, 0.5) is 0 Å². The minimum atomic E-state index is -0.991. The topological polar surface area (TPSA) is 77.2 Å². The molecule has 0 aliphatic rings. The van der Waals surface area contributed by atoms with Gasteiger partial charge in [-0.1, -0.05) is 22.9 Å². The van der Waals surface area contributed by atoms with E-state index in [1.54, 1.807) is 16.7 Å². The summed E-state index contributed by atoms with van der Waals surface area (Å²) in [6.45, 7) is 4.79. The molecule has 1 aromatic carbocycles. The Balaban J connectivity index is 2.59. The number of aromatic carboxylic acids is 1. The molecular weight excluding hydrogens is 350 g/mol. The quantitative estimate of drug-likeness (QED) is 0.812. The van der Waals surface area contributed by atoms with E-state index < -0.39 is 5.97 Å². The molecule has 0 atom stereocenters. The molecule has 1 N–H and O–H groups in total. The van der Waals surface area contributed by atoms with Crippen LogP contribution in [0.5, 0.6) is 0 Å². The Bertz CT molecular complexity index is 670. The number of halogens is 1. The smallest absolute Gasteiger partial charge is 0.337 e. The Labute approximate surface area is 137 Å². The van der Waals surface area contributed by atoms with Crippen LogP contribution in [0.3, 0.4) is 0 Å². The molecule has 0 saturated carbocycles. The van der Waals surface area contributed by atoms with Crippen LogP contribution in [0.25, 0.3) is 5.69 Å². The summed E-state index contributed by atoms with van der Waals surface area (Å²) in [6.07, 6.45) is 1.61. The molecule has 118 valence electrons. The summed E-state index contributed by atoms with van der Waals surface area (Å²) in [5, 5.41) is 17.8. The fourth-order valence-corrected chi connectivity index (χ4v) is 2.54. The van der Waals surface area contributed by atoms with Crippen LogP contribution in [0, 0.1) is 0 Å². The van der Waals surface area contributed by atoms with Crippen molar-refractivity contribution in [2.45, 2.75) is 33.3 Å². The Morgan fingerprint density at radius 3 is 2.68 bits per heavy atom. The van der Waals surface area contributed by atoms with E-state index in [0.717, 1.165) is 12.2 Å². The van der Waals surface area contributed by atoms with Gasteiger partial charge in [-0.25, -0.2) is 4.79 Å². The van der Waals surface area contributed by atoms with Crippen LogP contribution < -0.4 is 0 Å². The van der Waals surface area contributed by atoms with E-state index >= 15 is 0 Å². The lowest BCUT2D eigenvalue weighted by Gasteiger charge is -2.13. The van der Waals surface area contributed by atoms with Gasteiger partial charge >= 0.3 is 5.97 Å². The van der Waals surface area contributed by atoms with E-state index in [1.165, 1.54) is 0 Å². The molecule has 0 aliphatic heterocycles. The lowest BCUT2D eigenvalue weighted by atomic mass is 10.1. The van der Waals surface area contributed by atoms with Gasteiger partial charge in [0.25, 0.3) is 0 Å². The largest absolute Gasteiger partial charge is 0.478 e. The Hall–Kier alpha value is -1.73. The van der Waals surface area contributed by atoms with Gasteiger partial charge in [-0.3, -0.25) is 4.57 Å². The van der Waals surface area contributed by atoms with Gasteiger partial charge in [-0.15, -0.1) is 10.2 Å². The molecule has 0 aliphatic carbocycles. The third-order valence-corrected chi connectivity index (χ3v) is 3.63. The number of aromatic nitrogens is 3. The number of hydrogen-bond acceptors (Lipinski definition) is 4. The van der Waals surface area contributed by atoms with Crippen LogP contribution in [0.1, 0.15) is 42.3 Å². The molecule has 0 amide bonds. The van der Waals surface area contributed by atoms with Crippen LogP contribution in [0.15, 0.2) is 22.7 Å². The molecule has 1 aromatic heterocycles. The van der Waals surface area contributed by atoms with Crippen molar-refractivity contribution in [3.63, 3.8) is 0 Å². The molecule has 2 aromatic rings. The normalized spacial score (nSPS) is 10.9. The van der Waals surface area contributed by atoms with Gasteiger partial charge in [-0.05, 0) is 31.5 Å². The van der Waals surface area contributed by atoms with E-state index in [2.05, 4.69) is 26.1 Å². The number of aryl methyl sites for hydroxylation is 1. The Morgan fingerprint density at radius 1 is 1.32 bits per heavy atom. The van der Waals surface area contributed by atoms with Crippen molar-refractivity contribution in [2.75, 3.05) is 6.61 Å². The first-order valence-corrected chi connectivity index (χ1v) is 7.91. The van der Waals surface area contributed by atoms with Crippen molar-refractivity contribution in [2.24, 2.45) is 0 Å². The molecule has 0 saturated heterocycles. The summed E-state index contributed by atoms with van der Waals surface area (Å²) in [7, 11) is 0. The van der Waals surface area contributed by atoms with Crippen molar-refractivity contribution in [3.8, 4) is 5.69 Å². The van der Waals surface area contributed by atoms with Crippen molar-refractivity contribution in [3.05, 3.63) is 39.9 Å². The van der Waals surface area contributed by atoms with Gasteiger partial charge in [0.05, 0.1) is 11.3 Å². The van der Waals surface area contributed by atoms with Gasteiger partial charge in [0.2, 0.25) is 0 Å². The van der Waals surface area contributed by atoms with E-state index in [-0.39, 0.29) is 5.56 Å². The fourth-order valence-electron chi connectivity index (χ4n) is 2.18. The van der Waals surface area contributed by atoms with Gasteiger partial charge in [-0.2, -0.15) is 0 Å². The number of nitrogens with zero attached hydrogens (tertiary/aromatic N) is 3. The maximum Gasteiger partial charge on any atom is 0.337 e. The molecule has 0 radical (unpaired) electrons. The van der Waals surface area contributed by atoms with Crippen LogP contribution in [-0.2, 0) is 17.8 Å². The SMILES string of the molecule is CCCc1nnc(COCC)n1-c1ccc(Br)cc1C(=O)O. The summed E-state index contributed by atoms with van der Waals surface area (Å²) in [5.74, 6) is 0.354. The number of hydrogen-bond donors (Lipinski definition) is 1. The van der Waals surface area contributed by atoms with Gasteiger partial charge < -0.3 is 9.84 Å². The maximum atomic E-state index is 11.6. The highest BCUT2D eigenvalue weighted by atomic mass is 79.9. The average molecular weight is 368 g/mol. The summed E-state index contributed by atoms with van der Waals surface area (Å²) in [6, 6.07) is 5.14. The number of carboxylic acid groups (broad SMARTS) is 1. The second kappa shape index (κ2) is 7.51. The Kier molecular flexibility index (Phi) is 5.68. The molecule has 6 nitrogen and oxygen atoms in total. The highest BCUT2D eigenvalue weighted by molar-refractivity contribution is 9.10. The second-order valence-electron chi connectivity index (χ2n) is 4.72. The van der Waals surface area contributed by atoms with E-state index in [1.807, 2.05) is 19.9 Å². The molecule has 1 heterocycles. The fraction of sp³-hybridized carbons (Fsp3) is 0.400. The number of ether oxygens (including phenoxy) is 1. The zero-order chi connectivity index (χ0) is 16.1. The van der Waals surface area contributed by atoms with Gasteiger partial charge in [0.1, 0.15) is 12.4 Å². The van der Waals surface area contributed by atoms with Crippen molar-refractivity contribution < 1.29 is 14.6 Å². The van der Waals surface area contributed by atoms with Crippen molar-refractivity contribution in [1.82, 2.24) is 14.8 Å². The number of carboxylic acids is 1. The molecule has 0 fully saturated rings. The van der Waals surface area contributed by atoms with Crippen molar-refractivity contribution >= 4 is 21.9 Å². The summed E-state index contributed by atoms with van der Waals surface area (Å²) in [4.78, 5) is 11.6. The van der Waals surface area contributed by atoms with Crippen LogP contribution in [0.2, 0.25) is 0 Å². The van der Waals surface area contributed by atoms with Crippen LogP contribution >= 0.6 is 15.9 Å². The molecule has 0 bridgehead atoms. The lowest BCUT2D eigenvalue weighted by Crippen LogP contribution is -2.12. The predicted molar refractivity (Wildman–Crippen MR) is 85.3 cm³/mol. The van der Waals surface area contributed by atoms with E-state index in [4.69, 9.17) is 4.74 Å². The minimum Gasteiger partial charge on any atom is -0.478 e. The van der Waals surface area contributed by atoms with E-state index in [0.29, 0.717) is 35.6 Å². The first-order chi connectivity index (χ1) is 10.6. The lowest BCUT2D eigenvalue weighted by molar-refractivity contribution is 0.0696. The monoisotopic (exact) mass is 367 g/mol. The summed E-state index contributed by atoms with van der Waals surface area (Å²) in [5.41, 5.74) is 0.753. The first-order valence-electron chi connectivity index (χ1n) is 7.12. The zero-order valence-corrected chi connectivity index (χ0v) is 14.1. The zero-order valence-electron chi connectivity index (χ0n) is 12.5. The summed E-state index contributed by atoms with van der Waals surface area (Å²) < 4.78 is 7.92. The molecule has 0 spiro atoms. The molecule has 22 heavy (non-hydrogen) atoms. The first kappa shape index (κ1) is 16.6. The third-order valence-electron chi connectivity index (χ3n) is 3.14. The highest BCUT2D eigenvalue weighted by Crippen LogP contribution is 2.23. The minimum absolute atomic E-state index is 0.198. The molecule has 2 rings (SSSR count). The maximum absolute atomic E-state index is 11.6. The van der Waals surface area contributed by atoms with Gasteiger partial charge in [0, 0.05) is 17.5 Å². The van der Waals surface area contributed by atoms with E-state index in [9.17, 15) is 9.90 Å². The number of benzene rings is 1. The molecular formula is C15H18BrN3O3. The molecule has 7 heteroatoms. The van der Waals surface area contributed by atoms with Gasteiger partial charge in [0.15, 0.2) is 5.82 Å². The second-order valence-corrected chi connectivity index (χ2v) is 5.64. The third kappa shape index (κ3) is 3.53. The summed E-state index contributed by atoms with van der Waals surface area (Å²) >= 11 is 3.31. The number of carbonyl (C=O) groups is 1. The van der Waals surface area contributed by atoms with Crippen molar-refractivity contribution in [1.29, 1.82) is 0 Å². The molecule has 0 unspecified atom stereocenters. The highest BCUT2D eigenvalue weighted by Gasteiger charge is 2.19.